The fourth-order valence-electron chi connectivity index (χ4n) is 4.05. The molecule has 0 bridgehead atoms. The maximum absolute atomic E-state index is 13.4. The Balaban J connectivity index is 1.73. The van der Waals surface area contributed by atoms with E-state index in [1.165, 1.54) is 6.07 Å². The highest BCUT2D eigenvalue weighted by molar-refractivity contribution is 6.43. The fourth-order valence-corrected chi connectivity index (χ4v) is 4.05. The van der Waals surface area contributed by atoms with E-state index < -0.39 is 42.2 Å². The number of carbonyl (C=O) groups is 2. The van der Waals surface area contributed by atoms with Gasteiger partial charge in [-0.15, -0.1) is 0 Å². The molecule has 12 heteroatoms. The molecule has 0 aliphatic carbocycles. The Kier molecular flexibility index (Phi) is 8.98. The summed E-state index contributed by atoms with van der Waals surface area (Å²) in [5, 5.41) is 28.7. The molecule has 37 heavy (non-hydrogen) atoms. The van der Waals surface area contributed by atoms with Gasteiger partial charge in [-0.25, -0.2) is 0 Å². The van der Waals surface area contributed by atoms with Crippen molar-refractivity contribution in [2.24, 2.45) is 11.1 Å². The normalized spacial score (nSPS) is 18.1. The van der Waals surface area contributed by atoms with Gasteiger partial charge in [-0.3, -0.25) is 9.59 Å². The van der Waals surface area contributed by atoms with Gasteiger partial charge in [-0.2, -0.15) is 13.2 Å². The van der Waals surface area contributed by atoms with Crippen molar-refractivity contribution in [2.45, 2.75) is 50.8 Å². The summed E-state index contributed by atoms with van der Waals surface area (Å²) in [5.74, 6) is -2.20. The van der Waals surface area contributed by atoms with Gasteiger partial charge in [0.1, 0.15) is 0 Å². The molecule has 0 spiro atoms. The van der Waals surface area contributed by atoms with Gasteiger partial charge >= 0.3 is 13.3 Å². The van der Waals surface area contributed by atoms with Gasteiger partial charge in [0, 0.05) is 18.4 Å². The first-order valence-corrected chi connectivity index (χ1v) is 11.8. The predicted octanol–water partition coefficient (Wildman–Crippen LogP) is 2.74. The number of carbonyl (C=O) groups excluding carboxylic acids is 2. The number of rotatable bonds is 10. The second-order valence-electron chi connectivity index (χ2n) is 9.47. The molecule has 1 aliphatic rings. The average molecular weight is 519 g/mol. The van der Waals surface area contributed by atoms with E-state index in [1.54, 1.807) is 24.3 Å². The predicted molar refractivity (Wildman–Crippen MR) is 131 cm³/mol. The number of hydrogen-bond acceptors (Lipinski definition) is 6. The molecule has 198 valence electrons. The smallest absolute Gasteiger partial charge is 0.426 e. The number of hydrogen-bond donors (Lipinski definition) is 4. The second-order valence-corrected chi connectivity index (χ2v) is 9.47. The molecule has 4 N–H and O–H groups in total. The van der Waals surface area contributed by atoms with Gasteiger partial charge in [0.05, 0.1) is 23.8 Å². The molecule has 0 saturated carbocycles. The van der Waals surface area contributed by atoms with Crippen molar-refractivity contribution in [2.75, 3.05) is 6.54 Å². The van der Waals surface area contributed by atoms with E-state index in [0.29, 0.717) is 12.1 Å². The number of nitrogens with one attached hydrogen (secondary N) is 2. The lowest BCUT2D eigenvalue weighted by Gasteiger charge is -2.29. The zero-order chi connectivity index (χ0) is 27.2. The summed E-state index contributed by atoms with van der Waals surface area (Å²) < 4.78 is 38.9. The van der Waals surface area contributed by atoms with E-state index in [9.17, 15) is 32.8 Å². The van der Waals surface area contributed by atoms with Crippen LogP contribution in [0.2, 0.25) is 0 Å². The average Bonchev–Trinajstić information content (AvgIpc) is 3.26. The minimum absolute atomic E-state index is 0.0213. The summed E-state index contributed by atoms with van der Waals surface area (Å²) in [6.45, 7) is 3.60. The van der Waals surface area contributed by atoms with Crippen LogP contribution in [0.5, 0.6) is 0 Å². The van der Waals surface area contributed by atoms with Crippen LogP contribution in [0, 0.1) is 5.92 Å². The molecule has 1 aliphatic heterocycles. The number of amides is 2. The van der Waals surface area contributed by atoms with Gasteiger partial charge in [0.2, 0.25) is 5.60 Å². The van der Waals surface area contributed by atoms with Crippen LogP contribution < -0.4 is 10.6 Å². The molecule has 2 unspecified atom stereocenters. The van der Waals surface area contributed by atoms with E-state index in [2.05, 4.69) is 15.8 Å². The molecular formula is C25H29BF3N3O5. The molecule has 2 aromatic rings. The van der Waals surface area contributed by atoms with Gasteiger partial charge in [0.25, 0.3) is 11.8 Å². The van der Waals surface area contributed by atoms with Crippen molar-refractivity contribution in [3.8, 4) is 0 Å². The molecule has 2 atom stereocenters. The third-order valence-corrected chi connectivity index (χ3v) is 5.89. The van der Waals surface area contributed by atoms with E-state index >= 15 is 0 Å². The van der Waals surface area contributed by atoms with Crippen molar-refractivity contribution in [1.29, 1.82) is 0 Å². The molecule has 0 fully saturated rings. The Morgan fingerprint density at radius 3 is 2.46 bits per heavy atom. The SMILES string of the molecule is CC(C)CC(NC(=O)C1(Cc2ccccc2)CC(CNC(=O)c2cccc(C(F)(F)F)c2)=NO1)B(O)O. The number of oxime groups is 1. The number of benzene rings is 2. The van der Waals surface area contributed by atoms with Gasteiger partial charge in [-0.05, 0) is 36.1 Å². The third-order valence-electron chi connectivity index (χ3n) is 5.89. The quantitative estimate of drug-likeness (QED) is 0.360. The lowest BCUT2D eigenvalue weighted by Crippen LogP contribution is -2.56. The Morgan fingerprint density at radius 1 is 1.14 bits per heavy atom. The van der Waals surface area contributed by atoms with E-state index in [4.69, 9.17) is 4.84 Å². The highest BCUT2D eigenvalue weighted by Gasteiger charge is 2.48. The van der Waals surface area contributed by atoms with Crippen molar-refractivity contribution < 1.29 is 37.6 Å². The first-order valence-electron chi connectivity index (χ1n) is 11.8. The van der Waals surface area contributed by atoms with E-state index in [0.717, 1.165) is 23.8 Å². The third kappa shape index (κ3) is 7.56. The topological polar surface area (TPSA) is 120 Å². The molecule has 3 rings (SSSR count). The summed E-state index contributed by atoms with van der Waals surface area (Å²) in [6.07, 6.45) is -4.18. The van der Waals surface area contributed by atoms with E-state index in [1.807, 2.05) is 19.9 Å². The summed E-state index contributed by atoms with van der Waals surface area (Å²) in [5.41, 5.74) is -1.55. The monoisotopic (exact) mass is 519 g/mol. The zero-order valence-electron chi connectivity index (χ0n) is 20.5. The summed E-state index contributed by atoms with van der Waals surface area (Å²) in [6, 6.07) is 13.1. The number of halogens is 3. The standard InChI is InChI=1S/C25H29BF3N3O5/c1-16(2)11-21(26(35)36)31-23(34)24(13-17-7-4-3-5-8-17)14-20(32-37-24)15-30-22(33)18-9-6-10-19(12-18)25(27,28)29/h3-10,12,16,21,35-36H,11,13-15H2,1-2H3,(H,30,33)(H,31,34). The maximum Gasteiger partial charge on any atom is 0.475 e. The first kappa shape index (κ1) is 28.2. The number of alkyl halides is 3. The van der Waals surface area contributed by atoms with Gasteiger partial charge in [-0.1, -0.05) is 55.4 Å². The molecule has 1 heterocycles. The molecule has 0 aromatic heterocycles. The van der Waals surface area contributed by atoms with Crippen LogP contribution in [0.25, 0.3) is 0 Å². The minimum atomic E-state index is -4.58. The van der Waals surface area contributed by atoms with Crippen LogP contribution in [-0.4, -0.2) is 52.8 Å². The van der Waals surface area contributed by atoms with Crippen LogP contribution in [0.3, 0.4) is 0 Å². The van der Waals surface area contributed by atoms with E-state index in [-0.39, 0.29) is 30.9 Å². The van der Waals surface area contributed by atoms with Crippen LogP contribution in [0.4, 0.5) is 13.2 Å². The second kappa shape index (κ2) is 11.8. The maximum atomic E-state index is 13.4. The fraction of sp³-hybridized carbons (Fsp3) is 0.400. The summed E-state index contributed by atoms with van der Waals surface area (Å²) in [4.78, 5) is 31.5. The van der Waals surface area contributed by atoms with Crippen molar-refractivity contribution >= 4 is 24.6 Å². The molecular weight excluding hydrogens is 490 g/mol. The Labute approximate surface area is 213 Å². The highest BCUT2D eigenvalue weighted by Crippen LogP contribution is 2.31. The van der Waals surface area contributed by atoms with Crippen LogP contribution in [-0.2, 0) is 22.2 Å². The van der Waals surface area contributed by atoms with Crippen molar-refractivity contribution in [1.82, 2.24) is 10.6 Å². The molecule has 2 aromatic carbocycles. The number of nitrogens with zero attached hydrogens (tertiary/aromatic N) is 1. The van der Waals surface area contributed by atoms with Crippen molar-refractivity contribution in [3.05, 3.63) is 71.3 Å². The van der Waals surface area contributed by atoms with Crippen molar-refractivity contribution in [3.63, 3.8) is 0 Å². The Bertz CT molecular complexity index is 1130. The lowest BCUT2D eigenvalue weighted by molar-refractivity contribution is -0.144. The van der Waals surface area contributed by atoms with Crippen LogP contribution in [0.15, 0.2) is 59.8 Å². The van der Waals surface area contributed by atoms with Crippen LogP contribution >= 0.6 is 0 Å². The molecule has 0 radical (unpaired) electrons. The first-order chi connectivity index (χ1) is 17.4. The minimum Gasteiger partial charge on any atom is -0.426 e. The summed E-state index contributed by atoms with van der Waals surface area (Å²) in [7, 11) is -1.78. The molecule has 2 amide bonds. The Morgan fingerprint density at radius 2 is 1.84 bits per heavy atom. The van der Waals surface area contributed by atoms with Gasteiger partial charge < -0.3 is 25.5 Å². The Hall–Kier alpha value is -3.38. The molecule has 0 saturated heterocycles. The summed E-state index contributed by atoms with van der Waals surface area (Å²) >= 11 is 0. The molecule has 8 nitrogen and oxygen atoms in total. The highest BCUT2D eigenvalue weighted by atomic mass is 19.4. The largest absolute Gasteiger partial charge is 0.475 e. The van der Waals surface area contributed by atoms with Crippen LogP contribution in [0.1, 0.15) is 48.2 Å². The zero-order valence-corrected chi connectivity index (χ0v) is 20.5. The lowest BCUT2D eigenvalue weighted by atomic mass is 9.74. The van der Waals surface area contributed by atoms with Gasteiger partial charge in [0.15, 0.2) is 0 Å².